The third-order valence-corrected chi connectivity index (χ3v) is 3.52. The smallest absolute Gasteiger partial charge is 0.232 e. The van der Waals surface area contributed by atoms with Crippen molar-refractivity contribution in [1.82, 2.24) is 0 Å². The zero-order chi connectivity index (χ0) is 12.9. The molecule has 0 aliphatic heterocycles. The monoisotopic (exact) mass is 258 g/mol. The normalized spacial score (nSPS) is 11.2. The molecule has 0 aliphatic carbocycles. The average Bonchev–Trinajstić information content (AvgIpc) is 2.29. The number of ether oxygens (including phenoxy) is 1. The highest BCUT2D eigenvalue weighted by Crippen LogP contribution is 2.21. The highest BCUT2D eigenvalue weighted by molar-refractivity contribution is 7.92. The Morgan fingerprint density at radius 2 is 1.88 bits per heavy atom. The lowest BCUT2D eigenvalue weighted by Crippen LogP contribution is -2.31. The van der Waals surface area contributed by atoms with E-state index in [1.165, 1.54) is 10.6 Å². The van der Waals surface area contributed by atoms with Crippen LogP contribution in [0.3, 0.4) is 0 Å². The molecule has 6 heteroatoms. The highest BCUT2D eigenvalue weighted by Gasteiger charge is 2.16. The molecule has 1 aromatic carbocycles. The van der Waals surface area contributed by atoms with Crippen LogP contribution in [0.15, 0.2) is 24.3 Å². The molecule has 96 valence electrons. The summed E-state index contributed by atoms with van der Waals surface area (Å²) in [4.78, 5) is 0. The number of sulfonamides is 1. The van der Waals surface area contributed by atoms with Crippen LogP contribution in [0.1, 0.15) is 6.42 Å². The van der Waals surface area contributed by atoms with Crippen molar-refractivity contribution in [2.45, 2.75) is 6.42 Å². The molecule has 0 aliphatic rings. The minimum absolute atomic E-state index is 0.391. The average molecular weight is 258 g/mol. The predicted molar refractivity (Wildman–Crippen MR) is 68.9 cm³/mol. The van der Waals surface area contributed by atoms with Gasteiger partial charge in [-0.15, -0.1) is 0 Å². The molecule has 0 bridgehead atoms. The summed E-state index contributed by atoms with van der Waals surface area (Å²) in [7, 11) is -1.71. The van der Waals surface area contributed by atoms with Crippen molar-refractivity contribution in [3.63, 3.8) is 0 Å². The number of methoxy groups -OCH3 is 1. The molecular weight excluding hydrogens is 240 g/mol. The fourth-order valence-electron chi connectivity index (χ4n) is 1.47. The number of rotatable bonds is 6. The van der Waals surface area contributed by atoms with Crippen LogP contribution in [0.2, 0.25) is 0 Å². The molecule has 0 atom stereocenters. The maximum atomic E-state index is 11.6. The zero-order valence-corrected chi connectivity index (χ0v) is 10.9. The van der Waals surface area contributed by atoms with E-state index >= 15 is 0 Å². The first kappa shape index (κ1) is 13.8. The molecule has 1 aromatic rings. The summed E-state index contributed by atoms with van der Waals surface area (Å²) in [6.45, 7) is 0.851. The van der Waals surface area contributed by atoms with Crippen molar-refractivity contribution in [3.05, 3.63) is 24.3 Å². The second-order valence-corrected chi connectivity index (χ2v) is 5.58. The van der Waals surface area contributed by atoms with Crippen LogP contribution in [0.25, 0.3) is 0 Å². The Hall–Kier alpha value is -1.27. The van der Waals surface area contributed by atoms with Crippen molar-refractivity contribution < 1.29 is 13.2 Å². The summed E-state index contributed by atoms with van der Waals surface area (Å²) in [6.07, 6.45) is 1.81. The first-order valence-electron chi connectivity index (χ1n) is 5.31. The molecule has 0 unspecified atom stereocenters. The van der Waals surface area contributed by atoms with Crippen LogP contribution in [-0.2, 0) is 10.0 Å². The molecule has 0 spiro atoms. The van der Waals surface area contributed by atoms with E-state index in [0.717, 1.165) is 0 Å². The van der Waals surface area contributed by atoms with Crippen LogP contribution in [-0.4, -0.2) is 34.9 Å². The molecule has 17 heavy (non-hydrogen) atoms. The molecule has 0 saturated heterocycles. The molecule has 0 fully saturated rings. The van der Waals surface area contributed by atoms with Crippen LogP contribution in [0.5, 0.6) is 5.75 Å². The van der Waals surface area contributed by atoms with Gasteiger partial charge in [0.15, 0.2) is 0 Å². The molecule has 0 radical (unpaired) electrons. The van der Waals surface area contributed by atoms with E-state index < -0.39 is 10.0 Å². The number of hydrogen-bond donors (Lipinski definition) is 1. The summed E-state index contributed by atoms with van der Waals surface area (Å²) in [5, 5.41) is 0. The Labute approximate surface area is 102 Å². The van der Waals surface area contributed by atoms with E-state index in [9.17, 15) is 8.42 Å². The summed E-state index contributed by atoms with van der Waals surface area (Å²) >= 11 is 0. The van der Waals surface area contributed by atoms with Gasteiger partial charge in [0.2, 0.25) is 10.0 Å². The largest absolute Gasteiger partial charge is 0.497 e. The molecule has 0 heterocycles. The maximum absolute atomic E-state index is 11.6. The van der Waals surface area contributed by atoms with E-state index in [1.54, 1.807) is 31.4 Å². The van der Waals surface area contributed by atoms with Gasteiger partial charge in [-0.3, -0.25) is 4.31 Å². The third kappa shape index (κ3) is 3.90. The Balaban J connectivity index is 2.96. The van der Waals surface area contributed by atoms with Gasteiger partial charge in [0.05, 0.1) is 19.1 Å². The van der Waals surface area contributed by atoms with E-state index in [0.29, 0.717) is 30.9 Å². The molecular formula is C11H18N2O3S. The fraction of sp³-hybridized carbons (Fsp3) is 0.455. The van der Waals surface area contributed by atoms with Gasteiger partial charge in [0.25, 0.3) is 0 Å². The summed E-state index contributed by atoms with van der Waals surface area (Å²) < 4.78 is 29.7. The Morgan fingerprint density at radius 1 is 1.29 bits per heavy atom. The van der Waals surface area contributed by atoms with Gasteiger partial charge in [-0.2, -0.15) is 0 Å². The number of anilines is 1. The van der Waals surface area contributed by atoms with E-state index in [4.69, 9.17) is 10.5 Å². The van der Waals surface area contributed by atoms with Crippen LogP contribution >= 0.6 is 0 Å². The Morgan fingerprint density at radius 3 is 2.29 bits per heavy atom. The topological polar surface area (TPSA) is 72.6 Å². The summed E-state index contributed by atoms with van der Waals surface area (Å²) in [6, 6.07) is 6.90. The second kappa shape index (κ2) is 5.88. The minimum atomic E-state index is -3.27. The van der Waals surface area contributed by atoms with Crippen LogP contribution in [0.4, 0.5) is 5.69 Å². The first-order valence-corrected chi connectivity index (χ1v) is 7.15. The first-order chi connectivity index (χ1) is 7.99. The van der Waals surface area contributed by atoms with E-state index in [-0.39, 0.29) is 0 Å². The van der Waals surface area contributed by atoms with Gasteiger partial charge in [0, 0.05) is 6.54 Å². The lowest BCUT2D eigenvalue weighted by Gasteiger charge is -2.22. The molecule has 0 aromatic heterocycles. The van der Waals surface area contributed by atoms with Gasteiger partial charge in [-0.1, -0.05) is 0 Å². The number of benzene rings is 1. The van der Waals surface area contributed by atoms with Gasteiger partial charge in [-0.05, 0) is 37.2 Å². The predicted octanol–water partition coefficient (Wildman–Crippen LogP) is 0.810. The molecule has 0 saturated carbocycles. The van der Waals surface area contributed by atoms with Crippen molar-refractivity contribution in [3.8, 4) is 5.75 Å². The lowest BCUT2D eigenvalue weighted by molar-refractivity contribution is 0.415. The second-order valence-electron chi connectivity index (χ2n) is 3.68. The number of hydrogen-bond acceptors (Lipinski definition) is 4. The molecule has 0 amide bonds. The Kier molecular flexibility index (Phi) is 4.77. The molecule has 1 rings (SSSR count). The van der Waals surface area contributed by atoms with Gasteiger partial charge in [-0.25, -0.2) is 8.42 Å². The van der Waals surface area contributed by atoms with Crippen molar-refractivity contribution >= 4 is 15.7 Å². The summed E-state index contributed by atoms with van der Waals surface area (Å²) in [5.74, 6) is 0.695. The van der Waals surface area contributed by atoms with Crippen LogP contribution in [0, 0.1) is 0 Å². The lowest BCUT2D eigenvalue weighted by atomic mass is 10.3. The van der Waals surface area contributed by atoms with Gasteiger partial charge in [0.1, 0.15) is 5.75 Å². The standard InChI is InChI=1S/C11H18N2O3S/c1-16-11-6-4-10(5-7-11)13(9-3-8-12)17(2,14)15/h4-7H,3,8-9,12H2,1-2H3. The number of nitrogens with zero attached hydrogens (tertiary/aromatic N) is 1. The molecule has 2 N–H and O–H groups in total. The number of nitrogens with two attached hydrogens (primary N) is 1. The van der Waals surface area contributed by atoms with Crippen LogP contribution < -0.4 is 14.8 Å². The minimum Gasteiger partial charge on any atom is -0.497 e. The summed E-state index contributed by atoms with van der Waals surface area (Å²) in [5.41, 5.74) is 6.03. The van der Waals surface area contributed by atoms with E-state index in [2.05, 4.69) is 0 Å². The Bertz CT molecular complexity index is 442. The zero-order valence-electron chi connectivity index (χ0n) is 10.1. The van der Waals surface area contributed by atoms with Crippen molar-refractivity contribution in [1.29, 1.82) is 0 Å². The maximum Gasteiger partial charge on any atom is 0.232 e. The fourth-order valence-corrected chi connectivity index (χ4v) is 2.44. The quantitative estimate of drug-likeness (QED) is 0.819. The van der Waals surface area contributed by atoms with Gasteiger partial charge >= 0.3 is 0 Å². The van der Waals surface area contributed by atoms with Crippen molar-refractivity contribution in [2.75, 3.05) is 30.8 Å². The van der Waals surface area contributed by atoms with Gasteiger partial charge < -0.3 is 10.5 Å². The molecule has 5 nitrogen and oxygen atoms in total. The van der Waals surface area contributed by atoms with Crippen molar-refractivity contribution in [2.24, 2.45) is 5.73 Å². The third-order valence-electron chi connectivity index (χ3n) is 2.33. The van der Waals surface area contributed by atoms with E-state index in [1.807, 2.05) is 0 Å². The SMILES string of the molecule is COc1ccc(N(CCCN)S(C)(=O)=O)cc1. The highest BCUT2D eigenvalue weighted by atomic mass is 32.2.